The first-order valence-electron chi connectivity index (χ1n) is 50.5. The van der Waals surface area contributed by atoms with E-state index in [-0.39, 0.29) is 21.7 Å². The van der Waals surface area contributed by atoms with Crippen LogP contribution >= 0.6 is 60.1 Å². The van der Waals surface area contributed by atoms with Gasteiger partial charge in [0.25, 0.3) is 0 Å². The SMILES string of the molecule is Cc1cc(C)c(O)c(Pc2ccc(C)cc2N(C)C)c1.Cc1ccc(O)c(Pc2ccc(C)cc2N(C)C)c1.Cc1ccc(Pc2cc(C(C)(C)C)cc(C(C)(C)C)c2O)c(N(C)C)c1.Cc1ccc(Pc2cc(C(C)(C)C)cc(C)c2O)c(N(C)C)c1.Cc1ccc(Pc2cc(C)cc(C(C)(C)C)c2O)c(N(C)C)c1.Cc1ccc(Pc2cccc(C)c2O)c(N(C)C)c1.Cc1ccc(Pc2ccccc2O)c(N(C)C)c1. The molecule has 0 radical (unpaired) electrons. The summed E-state index contributed by atoms with van der Waals surface area (Å²) in [7, 11) is 32.1. The van der Waals surface area contributed by atoms with Crippen LogP contribution in [0, 0.1) is 90.0 Å². The van der Waals surface area contributed by atoms with Crippen LogP contribution in [0.5, 0.6) is 40.2 Å². The van der Waals surface area contributed by atoms with Crippen molar-refractivity contribution in [2.75, 3.05) is 133 Å². The number of aryl methyl sites for hydroxylation is 13. The van der Waals surface area contributed by atoms with E-state index in [4.69, 9.17) is 0 Å². The highest BCUT2D eigenvalue weighted by atomic mass is 31.1. The largest absolute Gasteiger partial charge is 0.507 e. The summed E-state index contributed by atoms with van der Waals surface area (Å²) in [6.07, 6.45) is 0. The minimum absolute atomic E-state index is 0.0462. The number of phenolic OH excluding ortho intramolecular Hbond substituents is 7. The monoisotopic (exact) mass is 2120 g/mol. The van der Waals surface area contributed by atoms with Crippen molar-refractivity contribution in [3.63, 3.8) is 0 Å². The Morgan fingerprint density at radius 3 is 0.716 bits per heavy atom. The van der Waals surface area contributed by atoms with Crippen LogP contribution in [-0.4, -0.2) is 134 Å². The van der Waals surface area contributed by atoms with E-state index in [0.717, 1.165) is 64.9 Å². The first-order chi connectivity index (χ1) is 68.9. The third-order valence-corrected chi connectivity index (χ3v) is 34.6. The molecule has 14 rings (SSSR count). The summed E-state index contributed by atoms with van der Waals surface area (Å²) in [5.74, 6) is 2.95. The maximum Gasteiger partial charge on any atom is 0.127 e. The maximum atomic E-state index is 11.1. The van der Waals surface area contributed by atoms with Crippen LogP contribution in [0.1, 0.15) is 178 Å². The number of nitrogens with zero attached hydrogens (tertiary/aromatic N) is 7. The van der Waals surface area contributed by atoms with Crippen LogP contribution in [0.2, 0.25) is 0 Å². The Morgan fingerprint density at radius 1 is 0.169 bits per heavy atom. The van der Waals surface area contributed by atoms with Gasteiger partial charge in [0.05, 0.1) is 0 Å². The van der Waals surface area contributed by atoms with Crippen molar-refractivity contribution < 1.29 is 35.7 Å². The zero-order valence-corrected chi connectivity index (χ0v) is 103. The summed E-state index contributed by atoms with van der Waals surface area (Å²) in [6, 6.07) is 81.8. The molecule has 0 saturated heterocycles. The Morgan fingerprint density at radius 2 is 0.399 bits per heavy atom. The van der Waals surface area contributed by atoms with E-state index in [2.05, 4.69) is 447 Å². The van der Waals surface area contributed by atoms with E-state index >= 15 is 0 Å². The fourth-order valence-electron chi connectivity index (χ4n) is 16.5. The third-order valence-electron chi connectivity index (χ3n) is 25.1. The van der Waals surface area contributed by atoms with Gasteiger partial charge in [-0.25, -0.2) is 0 Å². The molecule has 14 aromatic rings. The zero-order valence-electron chi connectivity index (χ0n) is 95.8. The number of benzene rings is 14. The molecule has 7 N–H and O–H groups in total. The Kier molecular flexibility index (Phi) is 44.5. The van der Waals surface area contributed by atoms with Crippen molar-refractivity contribution in [1.29, 1.82) is 0 Å². The molecule has 790 valence electrons. The number of hydrogen-bond acceptors (Lipinski definition) is 14. The number of hydrogen-bond donors (Lipinski definition) is 7. The minimum Gasteiger partial charge on any atom is -0.507 e. The van der Waals surface area contributed by atoms with E-state index in [0.29, 0.717) is 100 Å². The Bertz CT molecular complexity index is 6760. The summed E-state index contributed by atoms with van der Waals surface area (Å²) >= 11 is 0. The molecule has 14 nitrogen and oxygen atoms in total. The van der Waals surface area contributed by atoms with E-state index in [1.165, 1.54) is 144 Å². The highest BCUT2D eigenvalue weighted by Crippen LogP contribution is 2.41. The minimum atomic E-state index is -0.0950. The molecule has 0 saturated carbocycles. The maximum absolute atomic E-state index is 11.1. The molecule has 0 aliphatic heterocycles. The predicted octanol–water partition coefficient (Wildman–Crippen LogP) is 23.8. The third kappa shape index (κ3) is 35.5. The van der Waals surface area contributed by atoms with Gasteiger partial charge in [0.1, 0.15) is 40.2 Å². The van der Waals surface area contributed by atoms with Gasteiger partial charge in [-0.2, -0.15) is 0 Å². The number of para-hydroxylation sites is 2. The van der Waals surface area contributed by atoms with Crippen LogP contribution in [0.25, 0.3) is 0 Å². The highest BCUT2D eigenvalue weighted by Gasteiger charge is 2.28. The highest BCUT2D eigenvalue weighted by molar-refractivity contribution is 7.58. The second-order valence-corrected chi connectivity index (χ2v) is 53.9. The lowest BCUT2D eigenvalue weighted by Crippen LogP contribution is -2.22. The second-order valence-electron chi connectivity index (χ2n) is 44.6. The predicted molar refractivity (Wildman–Crippen MR) is 672 cm³/mol. The Hall–Kier alpha value is -10.7. The molecule has 0 aliphatic carbocycles. The van der Waals surface area contributed by atoms with Crippen molar-refractivity contribution in [3.8, 4) is 40.2 Å². The number of rotatable bonds is 21. The van der Waals surface area contributed by atoms with Crippen LogP contribution < -0.4 is 109 Å². The normalized spacial score (nSPS) is 11.8. The van der Waals surface area contributed by atoms with Crippen LogP contribution in [0.15, 0.2) is 237 Å². The first kappa shape index (κ1) is 122. The second kappa shape index (κ2) is 53.8. The molecule has 148 heavy (non-hydrogen) atoms. The van der Waals surface area contributed by atoms with Crippen molar-refractivity contribution >= 4 is 174 Å². The fourth-order valence-corrected chi connectivity index (χ4v) is 26.2. The lowest BCUT2D eigenvalue weighted by Gasteiger charge is -2.28. The van der Waals surface area contributed by atoms with Gasteiger partial charge in [-0.15, -0.1) is 0 Å². The van der Waals surface area contributed by atoms with E-state index < -0.39 is 0 Å². The number of aromatic hydroxyl groups is 7. The summed E-state index contributed by atoms with van der Waals surface area (Å²) in [4.78, 5) is 15.0. The molecule has 14 aromatic carbocycles. The van der Waals surface area contributed by atoms with Gasteiger partial charge in [-0.3, -0.25) is 0 Å². The molecule has 7 atom stereocenters. The van der Waals surface area contributed by atoms with Gasteiger partial charge in [0, 0.05) is 224 Å². The first-order valence-corrected chi connectivity index (χ1v) is 57.5. The molecule has 0 heterocycles. The molecule has 0 amide bonds. The summed E-state index contributed by atoms with van der Waals surface area (Å²) in [6.45, 7) is 53.1. The number of phenols is 7. The molecule has 0 aromatic heterocycles. The fraction of sp³-hybridized carbons (Fsp3) is 0.339. The van der Waals surface area contributed by atoms with Crippen molar-refractivity contribution in [2.45, 2.75) is 195 Å². The van der Waals surface area contributed by atoms with E-state index in [1.807, 2.05) is 83.4 Å². The lowest BCUT2D eigenvalue weighted by molar-refractivity contribution is 0.448. The molecule has 7 unspecified atom stereocenters. The molecular formula is C127H170N7O7P7. The molecule has 21 heteroatoms. The van der Waals surface area contributed by atoms with Gasteiger partial charge in [0.2, 0.25) is 0 Å². The summed E-state index contributed by atoms with van der Waals surface area (Å²) < 4.78 is 0. The average molecular weight is 2120 g/mol. The number of anilines is 7. The van der Waals surface area contributed by atoms with Crippen LogP contribution in [-0.2, 0) is 21.7 Å². The van der Waals surface area contributed by atoms with Gasteiger partial charge < -0.3 is 70.0 Å². The quantitative estimate of drug-likeness (QED) is 0.0340. The van der Waals surface area contributed by atoms with Crippen molar-refractivity contribution in [1.82, 2.24) is 0 Å². The van der Waals surface area contributed by atoms with Gasteiger partial charge in [0.15, 0.2) is 0 Å². The zero-order chi connectivity index (χ0) is 111. The molecule has 0 spiro atoms. The standard InChI is InChI=1S/C23H34NOP.2C20H28NOP.C17H22NOP.2C16H20NOP.C15H18NOP/c1-15-10-11-19(18(12-15)24(8)9)26-20-14-16(22(2,3)4)13-17(21(20)25)23(5,6)7;1-13-8-9-17(16(11-13)21(6)7)23-18-12-14(2)10-15(19(18)22)20(3,4)5;1-13-8-9-17(16(10-13)21(6)7)23-18-12-15(20(3,4)5)11-14(2)19(18)22;1-11-6-7-15(14(9-11)18(4)5)20-16-10-12(2)8-13(3)17(16)19;1-11-6-8-15(13(9-11)17(3)4)19-16-10-12(2)5-7-14(16)18;1-11-8-9-14(13(10-11)17(3)4)19-15-7-5-6-12(2)16(15)18;1-11-8-9-14(12(10-11)16(2)3)18-15-7-5-4-6-13(15)17/h10-14,25-26H,1-9H3;2*8-12,22-23H,1-7H3;6-10,19-20H,1-5H3;2*5-10,18-19H,1-4H3;4-10,17-18H,1-3H3. The smallest absolute Gasteiger partial charge is 0.127 e. The topological polar surface area (TPSA) is 164 Å². The van der Waals surface area contributed by atoms with Gasteiger partial charge >= 0.3 is 0 Å². The van der Waals surface area contributed by atoms with Gasteiger partial charge in [-0.1, -0.05) is 300 Å². The summed E-state index contributed by atoms with van der Waals surface area (Å²) in [5.41, 5.74) is 28.3. The van der Waals surface area contributed by atoms with Gasteiger partial charge in [-0.05, 0) is 274 Å². The molecular weight excluding hydrogens is 1950 g/mol. The van der Waals surface area contributed by atoms with Crippen LogP contribution in [0.3, 0.4) is 0 Å². The Labute approximate surface area is 902 Å². The van der Waals surface area contributed by atoms with E-state index in [9.17, 15) is 35.7 Å². The summed E-state index contributed by atoms with van der Waals surface area (Å²) in [5, 5.41) is 88.5. The van der Waals surface area contributed by atoms with Crippen LogP contribution in [0.4, 0.5) is 39.8 Å². The lowest BCUT2D eigenvalue weighted by atomic mass is 9.80. The molecule has 0 fully saturated rings. The average Bonchev–Trinajstić information content (AvgIpc) is 0.762. The Balaban J connectivity index is 0.000000211. The van der Waals surface area contributed by atoms with Crippen molar-refractivity contribution in [2.24, 2.45) is 0 Å². The van der Waals surface area contributed by atoms with Crippen molar-refractivity contribution in [3.05, 3.63) is 331 Å². The van der Waals surface area contributed by atoms with E-state index in [1.54, 1.807) is 12.1 Å². The molecule has 0 bridgehead atoms. The molecule has 0 aliphatic rings.